The van der Waals surface area contributed by atoms with Crippen LogP contribution in [0.15, 0.2) is 36.5 Å². The molecule has 0 radical (unpaired) electrons. The van der Waals surface area contributed by atoms with Gasteiger partial charge < -0.3 is 14.6 Å². The molecule has 1 amide bonds. The van der Waals surface area contributed by atoms with Crippen LogP contribution < -0.4 is 10.8 Å². The Balaban J connectivity index is 1.83. The molecule has 7 heteroatoms. The average molecular weight is 398 g/mol. The summed E-state index contributed by atoms with van der Waals surface area (Å²) in [6.45, 7) is 12.8. The molecule has 0 saturated carbocycles. The van der Waals surface area contributed by atoms with E-state index >= 15 is 0 Å². The third-order valence-electron chi connectivity index (χ3n) is 5.68. The van der Waals surface area contributed by atoms with Gasteiger partial charge in [0.25, 0.3) is 5.91 Å². The van der Waals surface area contributed by atoms with Gasteiger partial charge in [0.15, 0.2) is 0 Å². The van der Waals surface area contributed by atoms with E-state index in [4.69, 9.17) is 9.31 Å². The molecular formula is C22H28BFN2O3. The number of rotatable bonds is 4. The molecule has 154 valence electrons. The van der Waals surface area contributed by atoms with Gasteiger partial charge in [-0.05, 0) is 78.2 Å². The zero-order valence-corrected chi connectivity index (χ0v) is 18.1. The third-order valence-corrected chi connectivity index (χ3v) is 5.68. The van der Waals surface area contributed by atoms with Crippen LogP contribution in [0.4, 0.5) is 10.1 Å². The van der Waals surface area contributed by atoms with E-state index in [9.17, 15) is 9.18 Å². The summed E-state index contributed by atoms with van der Waals surface area (Å²) in [4.78, 5) is 16.7. The molecule has 1 aliphatic heterocycles. The Morgan fingerprint density at radius 2 is 1.72 bits per heavy atom. The molecule has 2 heterocycles. The Bertz CT molecular complexity index is 922. The fourth-order valence-corrected chi connectivity index (χ4v) is 3.04. The SMILES string of the molecule is Cc1ccc(NC(=O)c2ccnc(C(C)(C)F)c2)cc1B1OC(C)(C)C(C)(C)O1. The molecule has 1 aromatic carbocycles. The monoisotopic (exact) mass is 398 g/mol. The van der Waals surface area contributed by atoms with Crippen molar-refractivity contribution in [3.8, 4) is 0 Å². The minimum Gasteiger partial charge on any atom is -0.399 e. The zero-order chi connectivity index (χ0) is 21.6. The lowest BCUT2D eigenvalue weighted by Crippen LogP contribution is -2.41. The molecule has 0 bridgehead atoms. The summed E-state index contributed by atoms with van der Waals surface area (Å²) in [6.07, 6.45) is 1.44. The molecule has 1 aliphatic rings. The number of amides is 1. The van der Waals surface area contributed by atoms with Gasteiger partial charge in [-0.2, -0.15) is 0 Å². The number of alkyl halides is 1. The van der Waals surface area contributed by atoms with Crippen LogP contribution in [0.25, 0.3) is 0 Å². The Morgan fingerprint density at radius 1 is 1.10 bits per heavy atom. The molecule has 0 unspecified atom stereocenters. The summed E-state index contributed by atoms with van der Waals surface area (Å²) < 4.78 is 26.5. The number of carbonyl (C=O) groups is 1. The van der Waals surface area contributed by atoms with Gasteiger partial charge in [0.2, 0.25) is 0 Å². The van der Waals surface area contributed by atoms with Crippen molar-refractivity contribution >= 4 is 24.2 Å². The van der Waals surface area contributed by atoms with Gasteiger partial charge in [0.1, 0.15) is 5.67 Å². The first kappa shape index (κ1) is 21.5. The molecule has 1 fully saturated rings. The van der Waals surface area contributed by atoms with Crippen molar-refractivity contribution in [1.82, 2.24) is 4.98 Å². The smallest absolute Gasteiger partial charge is 0.399 e. The van der Waals surface area contributed by atoms with Crippen LogP contribution in [0.1, 0.15) is 63.2 Å². The van der Waals surface area contributed by atoms with Crippen molar-refractivity contribution in [3.63, 3.8) is 0 Å². The fourth-order valence-electron chi connectivity index (χ4n) is 3.04. The molecule has 0 spiro atoms. The summed E-state index contributed by atoms with van der Waals surface area (Å²) in [5.41, 5.74) is 0.526. The lowest BCUT2D eigenvalue weighted by molar-refractivity contribution is 0.00578. The highest BCUT2D eigenvalue weighted by Gasteiger charge is 2.52. The molecule has 3 rings (SSSR count). The summed E-state index contributed by atoms with van der Waals surface area (Å²) in [7, 11) is -0.517. The fraction of sp³-hybridized carbons (Fsp3) is 0.455. The van der Waals surface area contributed by atoms with Crippen LogP contribution >= 0.6 is 0 Å². The lowest BCUT2D eigenvalue weighted by Gasteiger charge is -2.32. The Kier molecular flexibility index (Phi) is 5.34. The lowest BCUT2D eigenvalue weighted by atomic mass is 9.76. The predicted molar refractivity (Wildman–Crippen MR) is 113 cm³/mol. The van der Waals surface area contributed by atoms with E-state index in [1.165, 1.54) is 26.1 Å². The number of hydrogen-bond acceptors (Lipinski definition) is 4. The maximum Gasteiger partial charge on any atom is 0.495 e. The van der Waals surface area contributed by atoms with Gasteiger partial charge in [-0.15, -0.1) is 0 Å². The molecule has 0 atom stereocenters. The summed E-state index contributed by atoms with van der Waals surface area (Å²) >= 11 is 0. The van der Waals surface area contributed by atoms with Crippen LogP contribution in [0.2, 0.25) is 0 Å². The second kappa shape index (κ2) is 7.22. The van der Waals surface area contributed by atoms with Crippen molar-refractivity contribution in [2.45, 2.75) is 65.3 Å². The van der Waals surface area contributed by atoms with E-state index in [1.54, 1.807) is 6.07 Å². The number of nitrogens with one attached hydrogen (secondary N) is 1. The van der Waals surface area contributed by atoms with E-state index in [2.05, 4.69) is 10.3 Å². The molecule has 1 saturated heterocycles. The molecular weight excluding hydrogens is 370 g/mol. The summed E-state index contributed by atoms with van der Waals surface area (Å²) in [5.74, 6) is -0.332. The maximum atomic E-state index is 14.2. The largest absolute Gasteiger partial charge is 0.495 e. The Morgan fingerprint density at radius 3 is 2.31 bits per heavy atom. The van der Waals surface area contributed by atoms with Gasteiger partial charge in [-0.25, -0.2) is 4.39 Å². The van der Waals surface area contributed by atoms with Gasteiger partial charge in [0.05, 0.1) is 16.9 Å². The first-order valence-corrected chi connectivity index (χ1v) is 9.73. The number of hydrogen-bond donors (Lipinski definition) is 1. The number of carbonyl (C=O) groups excluding carboxylic acids is 1. The summed E-state index contributed by atoms with van der Waals surface area (Å²) in [6, 6.07) is 8.63. The number of benzene rings is 1. The van der Waals surface area contributed by atoms with Crippen LogP contribution in [0.5, 0.6) is 0 Å². The average Bonchev–Trinajstić information content (AvgIpc) is 2.83. The van der Waals surface area contributed by atoms with E-state index in [-0.39, 0.29) is 11.6 Å². The van der Waals surface area contributed by atoms with E-state index < -0.39 is 24.0 Å². The quantitative estimate of drug-likeness (QED) is 0.787. The Hall–Kier alpha value is -2.25. The molecule has 5 nitrogen and oxygen atoms in total. The van der Waals surface area contributed by atoms with Crippen LogP contribution in [-0.2, 0) is 15.0 Å². The molecule has 2 aromatic rings. The normalized spacial score (nSPS) is 18.0. The van der Waals surface area contributed by atoms with Gasteiger partial charge in [-0.3, -0.25) is 9.78 Å². The van der Waals surface area contributed by atoms with Crippen molar-refractivity contribution in [2.24, 2.45) is 0 Å². The molecule has 29 heavy (non-hydrogen) atoms. The predicted octanol–water partition coefficient (Wildman–Crippen LogP) is 4.15. The Labute approximate surface area is 172 Å². The highest BCUT2D eigenvalue weighted by Crippen LogP contribution is 2.36. The zero-order valence-electron chi connectivity index (χ0n) is 18.1. The van der Waals surface area contributed by atoms with Crippen molar-refractivity contribution in [3.05, 3.63) is 53.3 Å². The second-order valence-corrected chi connectivity index (χ2v) is 9.02. The van der Waals surface area contributed by atoms with Crippen molar-refractivity contribution in [1.29, 1.82) is 0 Å². The van der Waals surface area contributed by atoms with Crippen LogP contribution in [-0.4, -0.2) is 29.2 Å². The topological polar surface area (TPSA) is 60.5 Å². The second-order valence-electron chi connectivity index (χ2n) is 9.02. The number of aryl methyl sites for hydroxylation is 1. The molecule has 0 aliphatic carbocycles. The first-order valence-electron chi connectivity index (χ1n) is 9.73. The highest BCUT2D eigenvalue weighted by molar-refractivity contribution is 6.62. The van der Waals surface area contributed by atoms with Gasteiger partial charge in [0, 0.05) is 17.4 Å². The molecule has 1 N–H and O–H groups in total. The summed E-state index contributed by atoms with van der Waals surface area (Å²) in [5, 5.41) is 2.87. The van der Waals surface area contributed by atoms with Crippen molar-refractivity contribution in [2.75, 3.05) is 5.32 Å². The van der Waals surface area contributed by atoms with Crippen molar-refractivity contribution < 1.29 is 18.5 Å². The number of pyridine rings is 1. The van der Waals surface area contributed by atoms with Crippen LogP contribution in [0, 0.1) is 6.92 Å². The number of halogens is 1. The van der Waals surface area contributed by atoms with E-state index in [0.717, 1.165) is 11.0 Å². The van der Waals surface area contributed by atoms with E-state index in [0.29, 0.717) is 11.3 Å². The first-order chi connectivity index (χ1) is 13.3. The number of anilines is 1. The maximum absolute atomic E-state index is 14.2. The number of nitrogens with zero attached hydrogens (tertiary/aromatic N) is 1. The van der Waals surface area contributed by atoms with Gasteiger partial charge >= 0.3 is 7.12 Å². The molecule has 1 aromatic heterocycles. The van der Waals surface area contributed by atoms with E-state index in [1.807, 2.05) is 52.8 Å². The number of aromatic nitrogens is 1. The van der Waals surface area contributed by atoms with Crippen LogP contribution in [0.3, 0.4) is 0 Å². The highest BCUT2D eigenvalue weighted by atomic mass is 19.1. The third kappa shape index (κ3) is 4.36. The minimum absolute atomic E-state index is 0.215. The minimum atomic E-state index is -1.62. The van der Waals surface area contributed by atoms with Gasteiger partial charge in [-0.1, -0.05) is 11.6 Å². The standard InChI is InChI=1S/C22H28BFN2O3/c1-14-8-9-16(13-17(14)23-28-21(4,5)22(6,7)29-23)26-19(27)15-10-11-25-18(12-15)20(2,3)24/h8-13H,1-7H3,(H,26,27).